The molecular formula is C7H9F3NO-. The molecule has 5 heteroatoms. The van der Waals surface area contributed by atoms with Gasteiger partial charge in [-0.15, -0.1) is 0 Å². The van der Waals surface area contributed by atoms with E-state index in [2.05, 4.69) is 0 Å². The molecule has 0 bridgehead atoms. The zero-order valence-corrected chi connectivity index (χ0v) is 6.77. The van der Waals surface area contributed by atoms with Crippen molar-refractivity contribution in [1.82, 2.24) is 5.06 Å². The van der Waals surface area contributed by atoms with E-state index < -0.39 is 17.4 Å². The maximum Gasteiger partial charge on any atom is 0.430 e. The second-order valence-corrected chi connectivity index (χ2v) is 3.40. The van der Waals surface area contributed by atoms with E-state index in [1.54, 1.807) is 0 Å². The predicted molar refractivity (Wildman–Crippen MR) is 38.0 cm³/mol. The van der Waals surface area contributed by atoms with Crippen molar-refractivity contribution in [3.8, 4) is 0 Å². The van der Waals surface area contributed by atoms with Crippen LogP contribution in [-0.2, 0) is 0 Å². The predicted octanol–water partition coefficient (Wildman–Crippen LogP) is 2.41. The summed E-state index contributed by atoms with van der Waals surface area (Å²) < 4.78 is 36.1. The molecule has 1 aliphatic rings. The van der Waals surface area contributed by atoms with E-state index in [4.69, 9.17) is 0 Å². The van der Waals surface area contributed by atoms with Crippen LogP contribution >= 0.6 is 0 Å². The van der Waals surface area contributed by atoms with Gasteiger partial charge in [-0.2, -0.15) is 13.2 Å². The highest BCUT2D eigenvalue weighted by molar-refractivity contribution is 5.19. The SMILES string of the molecule is CC1(C)CC=C(C(F)(F)F)N1[O-]. The largest absolute Gasteiger partial charge is 0.758 e. The number of nitrogens with zero attached hydrogens (tertiary/aromatic N) is 1. The highest BCUT2D eigenvalue weighted by atomic mass is 19.4. The van der Waals surface area contributed by atoms with Crippen LogP contribution in [0.25, 0.3) is 0 Å². The molecule has 0 saturated heterocycles. The molecule has 0 aromatic carbocycles. The Bertz CT molecular complexity index is 219. The molecule has 0 aromatic heterocycles. The second kappa shape index (κ2) is 2.39. The lowest BCUT2D eigenvalue weighted by molar-refractivity contribution is -0.110. The smallest absolute Gasteiger partial charge is 0.430 e. The second-order valence-electron chi connectivity index (χ2n) is 3.40. The molecule has 1 aliphatic heterocycles. The van der Waals surface area contributed by atoms with Crippen LogP contribution in [0.1, 0.15) is 20.3 Å². The summed E-state index contributed by atoms with van der Waals surface area (Å²) in [5, 5.41) is 11.0. The number of hydroxylamine groups is 2. The zero-order valence-electron chi connectivity index (χ0n) is 6.77. The van der Waals surface area contributed by atoms with Gasteiger partial charge in [-0.1, -0.05) is 6.08 Å². The van der Waals surface area contributed by atoms with Crippen LogP contribution in [0, 0.1) is 5.21 Å². The van der Waals surface area contributed by atoms with E-state index >= 15 is 0 Å². The first kappa shape index (κ1) is 9.38. The van der Waals surface area contributed by atoms with Gasteiger partial charge in [0, 0.05) is 5.54 Å². The minimum atomic E-state index is -4.52. The van der Waals surface area contributed by atoms with Gasteiger partial charge in [0.25, 0.3) is 0 Å². The van der Waals surface area contributed by atoms with E-state index in [1.807, 2.05) is 0 Å². The van der Waals surface area contributed by atoms with Crippen molar-refractivity contribution in [2.24, 2.45) is 0 Å². The molecule has 0 spiro atoms. The highest BCUT2D eigenvalue weighted by Gasteiger charge is 2.41. The third-order valence-corrected chi connectivity index (χ3v) is 1.85. The van der Waals surface area contributed by atoms with Gasteiger partial charge in [0.05, 0.1) is 0 Å². The van der Waals surface area contributed by atoms with Gasteiger partial charge in [-0.3, -0.25) is 0 Å². The van der Waals surface area contributed by atoms with Crippen molar-refractivity contribution in [3.63, 3.8) is 0 Å². The number of allylic oxidation sites excluding steroid dienone is 1. The Morgan fingerprint density at radius 3 is 2.17 bits per heavy atom. The first-order valence-corrected chi connectivity index (χ1v) is 3.50. The maximum absolute atomic E-state index is 12.0. The lowest BCUT2D eigenvalue weighted by Gasteiger charge is -2.42. The Hall–Kier alpha value is -0.710. The molecule has 0 aromatic rings. The van der Waals surface area contributed by atoms with Crippen LogP contribution < -0.4 is 0 Å². The molecular weight excluding hydrogens is 171 g/mol. The van der Waals surface area contributed by atoms with Gasteiger partial charge >= 0.3 is 6.18 Å². The molecule has 1 heterocycles. The zero-order chi connectivity index (χ0) is 9.57. The molecule has 0 aliphatic carbocycles. The van der Waals surface area contributed by atoms with Crippen molar-refractivity contribution < 1.29 is 13.2 Å². The average Bonchev–Trinajstić information content (AvgIpc) is 2.06. The number of rotatable bonds is 0. The molecule has 0 unspecified atom stereocenters. The normalized spacial score (nSPS) is 22.8. The molecule has 0 radical (unpaired) electrons. The topological polar surface area (TPSA) is 26.3 Å². The van der Waals surface area contributed by atoms with Crippen LogP contribution in [0.3, 0.4) is 0 Å². The molecule has 2 nitrogen and oxygen atoms in total. The van der Waals surface area contributed by atoms with Gasteiger partial charge in [0.1, 0.15) is 5.70 Å². The van der Waals surface area contributed by atoms with E-state index in [0.29, 0.717) is 0 Å². The Balaban J connectivity index is 2.86. The molecule has 70 valence electrons. The summed E-state index contributed by atoms with van der Waals surface area (Å²) in [5.41, 5.74) is -2.03. The van der Waals surface area contributed by atoms with Crippen LogP contribution in [0.2, 0.25) is 0 Å². The monoisotopic (exact) mass is 180 g/mol. The fourth-order valence-corrected chi connectivity index (χ4v) is 1.07. The summed E-state index contributed by atoms with van der Waals surface area (Å²) in [7, 11) is 0. The fraction of sp³-hybridized carbons (Fsp3) is 0.714. The minimum Gasteiger partial charge on any atom is -0.758 e. The number of hydrogen-bond donors (Lipinski definition) is 0. The van der Waals surface area contributed by atoms with Crippen molar-refractivity contribution in [1.29, 1.82) is 0 Å². The fourth-order valence-electron chi connectivity index (χ4n) is 1.07. The quantitative estimate of drug-likeness (QED) is 0.572. The third-order valence-electron chi connectivity index (χ3n) is 1.85. The summed E-state index contributed by atoms with van der Waals surface area (Å²) in [6, 6.07) is 0. The van der Waals surface area contributed by atoms with Crippen LogP contribution in [-0.4, -0.2) is 16.8 Å². The van der Waals surface area contributed by atoms with Gasteiger partial charge in [0.15, 0.2) is 0 Å². The lowest BCUT2D eigenvalue weighted by Crippen LogP contribution is -2.37. The Morgan fingerprint density at radius 2 is 2.00 bits per heavy atom. The van der Waals surface area contributed by atoms with Crippen LogP contribution in [0.15, 0.2) is 11.8 Å². The number of halogens is 3. The molecule has 1 rings (SSSR count). The molecule has 0 N–H and O–H groups in total. The molecule has 0 fully saturated rings. The van der Waals surface area contributed by atoms with Gasteiger partial charge in [-0.25, -0.2) is 0 Å². The highest BCUT2D eigenvalue weighted by Crippen LogP contribution is 2.39. The van der Waals surface area contributed by atoms with E-state index in [1.165, 1.54) is 13.8 Å². The standard InChI is InChI=1S/C7H9F3NO/c1-6(2)4-3-5(11(6)12)7(8,9)10/h3H,4H2,1-2H3/q-1. The molecule has 0 atom stereocenters. The first-order chi connectivity index (χ1) is 5.25. The van der Waals surface area contributed by atoms with Gasteiger partial charge in [-0.05, 0) is 20.3 Å². The van der Waals surface area contributed by atoms with Gasteiger partial charge in [0.2, 0.25) is 0 Å². The molecule has 0 saturated carbocycles. The van der Waals surface area contributed by atoms with Crippen molar-refractivity contribution in [2.75, 3.05) is 0 Å². The Kier molecular flexibility index (Phi) is 1.87. The van der Waals surface area contributed by atoms with E-state index in [9.17, 15) is 18.4 Å². The summed E-state index contributed by atoms with van der Waals surface area (Å²) >= 11 is 0. The first-order valence-electron chi connectivity index (χ1n) is 3.50. The van der Waals surface area contributed by atoms with Crippen LogP contribution in [0.4, 0.5) is 13.2 Å². The molecule has 12 heavy (non-hydrogen) atoms. The van der Waals surface area contributed by atoms with E-state index in [0.717, 1.165) is 6.08 Å². The summed E-state index contributed by atoms with van der Waals surface area (Å²) in [4.78, 5) is 0. The Morgan fingerprint density at radius 1 is 1.50 bits per heavy atom. The molecule has 0 amide bonds. The van der Waals surface area contributed by atoms with Crippen molar-refractivity contribution in [2.45, 2.75) is 32.0 Å². The van der Waals surface area contributed by atoms with Crippen LogP contribution in [0.5, 0.6) is 0 Å². The summed E-state index contributed by atoms with van der Waals surface area (Å²) in [6.45, 7) is 2.96. The van der Waals surface area contributed by atoms with E-state index in [-0.39, 0.29) is 11.5 Å². The summed E-state index contributed by atoms with van der Waals surface area (Å²) in [6.07, 6.45) is -3.44. The van der Waals surface area contributed by atoms with Gasteiger partial charge < -0.3 is 10.3 Å². The Labute approximate surface area is 68.2 Å². The van der Waals surface area contributed by atoms with Crippen molar-refractivity contribution in [3.05, 3.63) is 17.0 Å². The average molecular weight is 180 g/mol. The summed E-state index contributed by atoms with van der Waals surface area (Å²) in [5.74, 6) is 0. The van der Waals surface area contributed by atoms with Crippen molar-refractivity contribution >= 4 is 0 Å². The minimum absolute atomic E-state index is 0.0347. The maximum atomic E-state index is 12.0. The lowest BCUT2D eigenvalue weighted by atomic mass is 10.0. The number of hydrogen-bond acceptors (Lipinski definition) is 2. The third kappa shape index (κ3) is 1.41. The number of alkyl halides is 3.